The maximum absolute atomic E-state index is 13.2. The quantitative estimate of drug-likeness (QED) is 0.816. The number of rotatable bonds is 4. The van der Waals surface area contributed by atoms with Crippen LogP contribution in [0, 0.1) is 0 Å². The Morgan fingerprint density at radius 3 is 2.52 bits per heavy atom. The summed E-state index contributed by atoms with van der Waals surface area (Å²) >= 11 is 0. The van der Waals surface area contributed by atoms with Crippen LogP contribution in [-0.2, 0) is 11.0 Å². The Kier molecular flexibility index (Phi) is 4.95. The Balaban J connectivity index is 2.03. The Morgan fingerprint density at radius 1 is 1.24 bits per heavy atom. The van der Waals surface area contributed by atoms with Crippen molar-refractivity contribution in [3.63, 3.8) is 0 Å². The number of halogens is 3. The van der Waals surface area contributed by atoms with Gasteiger partial charge in [0, 0.05) is 6.92 Å². The van der Waals surface area contributed by atoms with Gasteiger partial charge in [-0.1, -0.05) is 0 Å². The minimum atomic E-state index is -4.46. The van der Waals surface area contributed by atoms with Crippen LogP contribution >= 0.6 is 0 Å². The fourth-order valence-electron chi connectivity index (χ4n) is 3.27. The molecule has 0 radical (unpaired) electrons. The number of nitrogens with zero attached hydrogens (tertiary/aromatic N) is 2. The molecular formula is C18H23F3N2O2. The fraction of sp³-hybridized carbons (Fsp3) is 0.611. The van der Waals surface area contributed by atoms with Crippen LogP contribution in [0.3, 0.4) is 0 Å². The Labute approximate surface area is 145 Å². The summed E-state index contributed by atoms with van der Waals surface area (Å²) < 4.78 is 45.4. The number of benzene rings is 1. The molecule has 1 unspecified atom stereocenters. The molecule has 3 rings (SSSR count). The van der Waals surface area contributed by atoms with Crippen molar-refractivity contribution in [1.82, 2.24) is 4.90 Å². The molecule has 1 atom stereocenters. The van der Waals surface area contributed by atoms with Gasteiger partial charge >= 0.3 is 6.18 Å². The number of ether oxygens (including phenoxy) is 1. The summed E-state index contributed by atoms with van der Waals surface area (Å²) in [5.41, 5.74) is -0.552. The summed E-state index contributed by atoms with van der Waals surface area (Å²) in [6, 6.07) is 3.40. The minimum absolute atomic E-state index is 0.0355. The van der Waals surface area contributed by atoms with Crippen LogP contribution < -0.4 is 9.64 Å². The molecule has 7 heteroatoms. The van der Waals surface area contributed by atoms with Crippen LogP contribution in [0.5, 0.6) is 5.75 Å². The number of carbonyl (C=O) groups excluding carboxylic acids is 1. The second-order valence-electron chi connectivity index (χ2n) is 6.84. The molecule has 1 saturated carbocycles. The first-order valence-electron chi connectivity index (χ1n) is 8.65. The summed E-state index contributed by atoms with van der Waals surface area (Å²) in [5, 5.41) is 0. The number of carbonyl (C=O) groups is 1. The molecule has 2 fully saturated rings. The second kappa shape index (κ2) is 6.86. The second-order valence-corrected chi connectivity index (χ2v) is 6.84. The number of hydrogen-bond acceptors (Lipinski definition) is 3. The van der Waals surface area contributed by atoms with Gasteiger partial charge in [0.15, 0.2) is 0 Å². The van der Waals surface area contributed by atoms with Crippen molar-refractivity contribution < 1.29 is 22.7 Å². The predicted octanol–water partition coefficient (Wildman–Crippen LogP) is 4.04. The molecule has 1 aliphatic carbocycles. The Morgan fingerprint density at radius 2 is 1.96 bits per heavy atom. The van der Waals surface area contributed by atoms with Gasteiger partial charge in [0.2, 0.25) is 5.91 Å². The first kappa shape index (κ1) is 18.0. The molecule has 1 amide bonds. The van der Waals surface area contributed by atoms with E-state index in [1.807, 2.05) is 11.9 Å². The third-order valence-corrected chi connectivity index (χ3v) is 4.73. The molecule has 1 aliphatic heterocycles. The SMILES string of the molecule is CC(=O)N(c1cc(C(F)(F)F)ccc1OC1CC1)C1CCCCN1C. The number of anilines is 1. The third kappa shape index (κ3) is 4.08. The van der Waals surface area contributed by atoms with Gasteiger partial charge in [0.25, 0.3) is 0 Å². The van der Waals surface area contributed by atoms with E-state index in [1.54, 1.807) is 0 Å². The van der Waals surface area contributed by atoms with Gasteiger partial charge in [-0.25, -0.2) is 0 Å². The summed E-state index contributed by atoms with van der Waals surface area (Å²) in [6.45, 7) is 2.20. The summed E-state index contributed by atoms with van der Waals surface area (Å²) in [4.78, 5) is 15.9. The smallest absolute Gasteiger partial charge is 0.416 e. The van der Waals surface area contributed by atoms with Gasteiger partial charge in [-0.05, 0) is 63.9 Å². The van der Waals surface area contributed by atoms with Crippen LogP contribution in [0.15, 0.2) is 18.2 Å². The van der Waals surface area contributed by atoms with Crippen molar-refractivity contribution in [2.45, 2.75) is 57.5 Å². The normalized spacial score (nSPS) is 21.9. The molecule has 1 aromatic rings. The Bertz CT molecular complexity index is 644. The molecule has 1 aromatic carbocycles. The lowest BCUT2D eigenvalue weighted by Gasteiger charge is -2.41. The first-order valence-corrected chi connectivity index (χ1v) is 8.65. The standard InChI is InChI=1S/C18H23F3N2O2/c1-12(24)23(17-5-3-4-10-22(17)2)15-11-13(18(19,20)21)6-9-16(15)25-14-7-8-14/h6,9,11,14,17H,3-5,7-8,10H2,1-2H3. The molecule has 0 N–H and O–H groups in total. The van der Waals surface area contributed by atoms with Crippen LogP contribution in [0.4, 0.5) is 18.9 Å². The molecule has 4 nitrogen and oxygen atoms in total. The number of piperidine rings is 1. The largest absolute Gasteiger partial charge is 0.488 e. The van der Waals surface area contributed by atoms with Gasteiger partial charge in [0.1, 0.15) is 5.75 Å². The zero-order valence-corrected chi connectivity index (χ0v) is 14.5. The third-order valence-electron chi connectivity index (χ3n) is 4.73. The van der Waals surface area contributed by atoms with Gasteiger partial charge in [-0.15, -0.1) is 0 Å². The zero-order valence-electron chi connectivity index (χ0n) is 14.5. The van der Waals surface area contributed by atoms with Crippen molar-refractivity contribution in [3.05, 3.63) is 23.8 Å². The molecule has 0 bridgehead atoms. The van der Waals surface area contributed by atoms with Gasteiger partial charge in [-0.3, -0.25) is 14.6 Å². The highest BCUT2D eigenvalue weighted by Crippen LogP contribution is 2.41. The number of likely N-dealkylation sites (tertiary alicyclic amines) is 1. The Hall–Kier alpha value is -1.76. The predicted molar refractivity (Wildman–Crippen MR) is 88.5 cm³/mol. The topological polar surface area (TPSA) is 32.8 Å². The van der Waals surface area contributed by atoms with E-state index in [-0.39, 0.29) is 23.9 Å². The average Bonchev–Trinajstić information content (AvgIpc) is 3.33. The highest BCUT2D eigenvalue weighted by Gasteiger charge is 2.36. The molecular weight excluding hydrogens is 333 g/mol. The van der Waals surface area contributed by atoms with Crippen LogP contribution in [0.25, 0.3) is 0 Å². The van der Waals surface area contributed by atoms with Crippen molar-refractivity contribution in [2.24, 2.45) is 0 Å². The fourth-order valence-corrected chi connectivity index (χ4v) is 3.27. The van der Waals surface area contributed by atoms with E-state index < -0.39 is 11.7 Å². The van der Waals surface area contributed by atoms with E-state index in [0.29, 0.717) is 5.75 Å². The maximum Gasteiger partial charge on any atom is 0.416 e. The van der Waals surface area contributed by atoms with Gasteiger partial charge < -0.3 is 4.74 Å². The van der Waals surface area contributed by atoms with Crippen molar-refractivity contribution in [1.29, 1.82) is 0 Å². The van der Waals surface area contributed by atoms with Crippen LogP contribution in [-0.4, -0.2) is 36.7 Å². The lowest BCUT2D eigenvalue weighted by atomic mass is 10.1. The van der Waals surface area contributed by atoms with E-state index in [2.05, 4.69) is 0 Å². The molecule has 25 heavy (non-hydrogen) atoms. The van der Waals surface area contributed by atoms with Gasteiger partial charge in [-0.2, -0.15) is 13.2 Å². The molecule has 2 aliphatic rings. The van der Waals surface area contributed by atoms with E-state index in [1.165, 1.54) is 17.9 Å². The van der Waals surface area contributed by atoms with Crippen LogP contribution in [0.2, 0.25) is 0 Å². The number of amides is 1. The molecule has 1 heterocycles. The van der Waals surface area contributed by atoms with E-state index in [9.17, 15) is 18.0 Å². The van der Waals surface area contributed by atoms with Crippen molar-refractivity contribution in [3.8, 4) is 5.75 Å². The summed E-state index contributed by atoms with van der Waals surface area (Å²) in [6.07, 6.45) is -0.204. The van der Waals surface area contributed by atoms with Gasteiger partial charge in [0.05, 0.1) is 23.5 Å². The monoisotopic (exact) mass is 356 g/mol. The lowest BCUT2D eigenvalue weighted by molar-refractivity contribution is -0.137. The minimum Gasteiger partial charge on any atom is -0.488 e. The lowest BCUT2D eigenvalue weighted by Crippen LogP contribution is -2.51. The number of hydrogen-bond donors (Lipinski definition) is 0. The highest BCUT2D eigenvalue weighted by molar-refractivity contribution is 5.94. The van der Waals surface area contributed by atoms with E-state index in [4.69, 9.17) is 4.74 Å². The average molecular weight is 356 g/mol. The van der Waals surface area contributed by atoms with Crippen molar-refractivity contribution in [2.75, 3.05) is 18.5 Å². The molecule has 138 valence electrons. The molecule has 0 aromatic heterocycles. The molecule has 1 saturated heterocycles. The first-order chi connectivity index (χ1) is 11.8. The van der Waals surface area contributed by atoms with Crippen LogP contribution in [0.1, 0.15) is 44.6 Å². The summed E-state index contributed by atoms with van der Waals surface area (Å²) in [5.74, 6) is 0.0726. The van der Waals surface area contributed by atoms with Crippen molar-refractivity contribution >= 4 is 11.6 Å². The molecule has 0 spiro atoms. The zero-order chi connectivity index (χ0) is 18.2. The maximum atomic E-state index is 13.2. The summed E-state index contributed by atoms with van der Waals surface area (Å²) in [7, 11) is 1.90. The van der Waals surface area contributed by atoms with E-state index >= 15 is 0 Å². The highest BCUT2D eigenvalue weighted by atomic mass is 19.4. The van der Waals surface area contributed by atoms with E-state index in [0.717, 1.165) is 50.8 Å². The number of alkyl halides is 3.